The molecule has 0 saturated heterocycles. The molecule has 0 bridgehead atoms. The third kappa shape index (κ3) is 7.59. The second-order valence-corrected chi connectivity index (χ2v) is 8.35. The number of oxime groups is 1. The van der Waals surface area contributed by atoms with Crippen LogP contribution in [-0.4, -0.2) is 52.3 Å². The fourth-order valence-corrected chi connectivity index (χ4v) is 3.53. The van der Waals surface area contributed by atoms with Crippen LogP contribution in [0.2, 0.25) is 0 Å². The number of carbonyl (C=O) groups is 1. The number of nitrogens with two attached hydrogens (primary N) is 1. The summed E-state index contributed by atoms with van der Waals surface area (Å²) in [6.07, 6.45) is 2.62. The number of hydrogen-bond donors (Lipinski definition) is 3. The lowest BCUT2D eigenvalue weighted by Gasteiger charge is -2.31. The number of amides is 1. The van der Waals surface area contributed by atoms with Crippen molar-refractivity contribution in [1.29, 1.82) is 0 Å². The Morgan fingerprint density at radius 3 is 2.00 bits per heavy atom. The molecule has 0 unspecified atom stereocenters. The number of unbranched alkanes of at least 4 members (excludes halogenated alkanes) is 2. The molecule has 0 spiro atoms. The molecule has 180 valence electrons. The number of carbonyl (C=O) groups excluding carboxylic acids is 1. The quantitative estimate of drug-likeness (QED) is 0.143. The Morgan fingerprint density at radius 2 is 1.48 bits per heavy atom. The van der Waals surface area contributed by atoms with E-state index in [0.29, 0.717) is 24.5 Å². The van der Waals surface area contributed by atoms with E-state index in [4.69, 9.17) is 20.4 Å². The summed E-state index contributed by atoms with van der Waals surface area (Å²) in [5.41, 5.74) is 6.44. The highest BCUT2D eigenvalue weighted by molar-refractivity contribution is 5.97. The third-order valence-corrected chi connectivity index (χ3v) is 5.13. The van der Waals surface area contributed by atoms with Crippen molar-refractivity contribution in [3.63, 3.8) is 0 Å². The molecule has 0 atom stereocenters. The van der Waals surface area contributed by atoms with Gasteiger partial charge in [-0.25, -0.2) is 0 Å². The van der Waals surface area contributed by atoms with Gasteiger partial charge >= 0.3 is 0 Å². The van der Waals surface area contributed by atoms with Crippen LogP contribution in [0.3, 0.4) is 0 Å². The molecule has 0 aliphatic carbocycles. The number of phenolic OH excluding ortho intramolecular Hbond substituents is 1. The molecule has 0 aliphatic rings. The van der Waals surface area contributed by atoms with E-state index in [0.717, 1.165) is 25.0 Å². The topological polar surface area (TPSA) is 118 Å². The van der Waals surface area contributed by atoms with Crippen LogP contribution < -0.4 is 15.2 Å². The molecule has 33 heavy (non-hydrogen) atoms. The number of rotatable bonds is 12. The van der Waals surface area contributed by atoms with Gasteiger partial charge in [-0.1, -0.05) is 5.16 Å². The zero-order valence-electron chi connectivity index (χ0n) is 19.8. The van der Waals surface area contributed by atoms with Crippen molar-refractivity contribution >= 4 is 11.7 Å². The van der Waals surface area contributed by atoms with E-state index >= 15 is 0 Å². The summed E-state index contributed by atoms with van der Waals surface area (Å²) in [5.74, 6) is 1.05. The molecule has 2 aromatic rings. The Balaban J connectivity index is 1.72. The lowest BCUT2D eigenvalue weighted by Crippen LogP contribution is -2.42. The van der Waals surface area contributed by atoms with Crippen molar-refractivity contribution in [2.75, 3.05) is 13.2 Å². The Labute approximate surface area is 195 Å². The first kappa shape index (κ1) is 25.8. The van der Waals surface area contributed by atoms with E-state index in [1.165, 1.54) is 6.07 Å². The number of phenols is 1. The second-order valence-electron chi connectivity index (χ2n) is 8.35. The summed E-state index contributed by atoms with van der Waals surface area (Å²) in [7, 11) is 0. The largest absolute Gasteiger partial charge is 0.507 e. The first-order valence-corrected chi connectivity index (χ1v) is 11.2. The SMILES string of the molecule is CC(C)N(C(=O)c1ccc(OCCCCCOc2ccc(C(N)=NO)cc2)cc1O)C(C)C. The van der Waals surface area contributed by atoms with E-state index in [-0.39, 0.29) is 35.1 Å². The number of amidine groups is 1. The molecular weight excluding hydrogens is 422 g/mol. The van der Waals surface area contributed by atoms with Gasteiger partial charge in [0, 0.05) is 23.7 Å². The van der Waals surface area contributed by atoms with Gasteiger partial charge in [0.15, 0.2) is 5.84 Å². The number of benzene rings is 2. The van der Waals surface area contributed by atoms with Crippen LogP contribution in [0.1, 0.15) is 62.9 Å². The summed E-state index contributed by atoms with van der Waals surface area (Å²) in [5, 5.41) is 22.0. The van der Waals surface area contributed by atoms with Gasteiger partial charge in [-0.3, -0.25) is 4.79 Å². The van der Waals surface area contributed by atoms with Crippen LogP contribution >= 0.6 is 0 Å². The molecule has 8 heteroatoms. The number of hydrogen-bond acceptors (Lipinski definition) is 6. The minimum absolute atomic E-state index is 0.0377. The summed E-state index contributed by atoms with van der Waals surface area (Å²) in [6.45, 7) is 8.90. The summed E-state index contributed by atoms with van der Waals surface area (Å²) < 4.78 is 11.4. The standard InChI is InChI=1S/C25H35N3O5/c1-17(2)28(18(3)4)25(30)22-13-12-21(16-23(22)29)33-15-7-5-6-14-32-20-10-8-19(9-11-20)24(26)27-31/h8-13,16-18,29,31H,5-7,14-15H2,1-4H3,(H2,26,27). The van der Waals surface area contributed by atoms with Crippen LogP contribution in [-0.2, 0) is 0 Å². The van der Waals surface area contributed by atoms with Crippen LogP contribution in [0.25, 0.3) is 0 Å². The maximum absolute atomic E-state index is 12.8. The Bertz CT molecular complexity index is 918. The van der Waals surface area contributed by atoms with E-state index in [2.05, 4.69) is 5.16 Å². The molecule has 2 rings (SSSR count). The smallest absolute Gasteiger partial charge is 0.258 e. The molecule has 0 radical (unpaired) electrons. The minimum atomic E-state index is -0.191. The van der Waals surface area contributed by atoms with Crippen molar-refractivity contribution < 1.29 is 24.6 Å². The van der Waals surface area contributed by atoms with Crippen molar-refractivity contribution in [2.45, 2.75) is 59.0 Å². The third-order valence-electron chi connectivity index (χ3n) is 5.13. The van der Waals surface area contributed by atoms with Gasteiger partial charge in [-0.05, 0) is 83.4 Å². The highest BCUT2D eigenvalue weighted by Crippen LogP contribution is 2.26. The van der Waals surface area contributed by atoms with E-state index in [1.807, 2.05) is 27.7 Å². The molecule has 0 aliphatic heterocycles. The second kappa shape index (κ2) is 12.6. The fourth-order valence-electron chi connectivity index (χ4n) is 3.53. The number of nitrogens with zero attached hydrogens (tertiary/aromatic N) is 2. The summed E-state index contributed by atoms with van der Waals surface area (Å²) >= 11 is 0. The van der Waals surface area contributed by atoms with Gasteiger partial charge in [0.2, 0.25) is 0 Å². The monoisotopic (exact) mass is 457 g/mol. The summed E-state index contributed by atoms with van der Waals surface area (Å²) in [6, 6.07) is 11.9. The van der Waals surface area contributed by atoms with Gasteiger partial charge in [0.25, 0.3) is 5.91 Å². The number of ether oxygens (including phenoxy) is 2. The zero-order valence-corrected chi connectivity index (χ0v) is 19.8. The lowest BCUT2D eigenvalue weighted by atomic mass is 10.1. The fraction of sp³-hybridized carbons (Fsp3) is 0.440. The van der Waals surface area contributed by atoms with Crippen LogP contribution in [0.4, 0.5) is 0 Å². The minimum Gasteiger partial charge on any atom is -0.507 e. The highest BCUT2D eigenvalue weighted by Gasteiger charge is 2.24. The summed E-state index contributed by atoms with van der Waals surface area (Å²) in [4.78, 5) is 14.5. The maximum Gasteiger partial charge on any atom is 0.258 e. The van der Waals surface area contributed by atoms with Crippen LogP contribution in [0.5, 0.6) is 17.2 Å². The van der Waals surface area contributed by atoms with E-state index < -0.39 is 0 Å². The van der Waals surface area contributed by atoms with Gasteiger partial charge in [-0.2, -0.15) is 0 Å². The molecule has 0 aromatic heterocycles. The molecule has 0 saturated carbocycles. The average Bonchev–Trinajstić information content (AvgIpc) is 2.77. The van der Waals surface area contributed by atoms with Gasteiger partial charge in [0.05, 0.1) is 18.8 Å². The van der Waals surface area contributed by atoms with Crippen LogP contribution in [0.15, 0.2) is 47.6 Å². The molecule has 0 fully saturated rings. The normalized spacial score (nSPS) is 11.6. The first-order valence-electron chi connectivity index (χ1n) is 11.2. The predicted octanol–water partition coefficient (Wildman–Crippen LogP) is 4.37. The van der Waals surface area contributed by atoms with Crippen molar-refractivity contribution in [1.82, 2.24) is 4.90 Å². The maximum atomic E-state index is 12.8. The van der Waals surface area contributed by atoms with Crippen molar-refractivity contribution in [2.24, 2.45) is 10.9 Å². The van der Waals surface area contributed by atoms with Gasteiger partial charge in [0.1, 0.15) is 17.2 Å². The molecular formula is C25H35N3O5. The van der Waals surface area contributed by atoms with Crippen LogP contribution in [0, 0.1) is 0 Å². The molecule has 1 amide bonds. The first-order chi connectivity index (χ1) is 15.7. The Morgan fingerprint density at radius 1 is 0.939 bits per heavy atom. The van der Waals surface area contributed by atoms with Crippen molar-refractivity contribution in [3.8, 4) is 17.2 Å². The number of aromatic hydroxyl groups is 1. The average molecular weight is 458 g/mol. The Kier molecular flexibility index (Phi) is 9.84. The molecule has 4 N–H and O–H groups in total. The predicted molar refractivity (Wildman–Crippen MR) is 128 cm³/mol. The van der Waals surface area contributed by atoms with E-state index in [1.54, 1.807) is 41.3 Å². The zero-order chi connectivity index (χ0) is 24.4. The van der Waals surface area contributed by atoms with Gasteiger partial charge < -0.3 is 30.4 Å². The lowest BCUT2D eigenvalue weighted by molar-refractivity contribution is 0.0640. The highest BCUT2D eigenvalue weighted by atomic mass is 16.5. The van der Waals surface area contributed by atoms with Crippen molar-refractivity contribution in [3.05, 3.63) is 53.6 Å². The molecule has 2 aromatic carbocycles. The molecule has 8 nitrogen and oxygen atoms in total. The Hall–Kier alpha value is -3.42. The van der Waals surface area contributed by atoms with Gasteiger partial charge in [-0.15, -0.1) is 0 Å². The van der Waals surface area contributed by atoms with E-state index in [9.17, 15) is 9.90 Å². The molecule has 0 heterocycles.